The third-order valence-electron chi connectivity index (χ3n) is 6.41. The molecule has 13 heteroatoms. The van der Waals surface area contributed by atoms with Gasteiger partial charge in [0.2, 0.25) is 0 Å². The van der Waals surface area contributed by atoms with E-state index in [9.17, 15) is 14.4 Å². The highest BCUT2D eigenvalue weighted by Gasteiger charge is 2.37. The molecule has 42 heavy (non-hydrogen) atoms. The van der Waals surface area contributed by atoms with Crippen molar-refractivity contribution in [3.8, 4) is 0 Å². The maximum Gasteiger partial charge on any atom is 0.407 e. The zero-order valence-corrected chi connectivity index (χ0v) is 22.7. The summed E-state index contributed by atoms with van der Waals surface area (Å²) < 4.78 is 1.64. The van der Waals surface area contributed by atoms with E-state index in [1.54, 1.807) is 11.7 Å². The smallest absolute Gasteiger partial charge is 0.407 e. The van der Waals surface area contributed by atoms with Crippen molar-refractivity contribution in [3.63, 3.8) is 0 Å². The molecule has 0 saturated carbocycles. The fourth-order valence-electron chi connectivity index (χ4n) is 4.58. The maximum absolute atomic E-state index is 12.8. The maximum atomic E-state index is 12.8. The average molecular weight is 573 g/mol. The first-order valence-electron chi connectivity index (χ1n) is 13.0. The second kappa shape index (κ2) is 13.7. The van der Waals surface area contributed by atoms with Crippen LogP contribution in [0.1, 0.15) is 16.7 Å². The molecule has 0 bridgehead atoms. The van der Waals surface area contributed by atoms with Crippen molar-refractivity contribution in [3.05, 3.63) is 114 Å². The summed E-state index contributed by atoms with van der Waals surface area (Å²) in [7, 11) is 1.77. The Labute approximate surface area is 242 Å². The van der Waals surface area contributed by atoms with Crippen molar-refractivity contribution in [1.29, 1.82) is 0 Å². The monoisotopic (exact) mass is 572 g/mol. The third kappa shape index (κ3) is 7.14. The molecule has 0 aliphatic carbocycles. The van der Waals surface area contributed by atoms with Gasteiger partial charge in [-0.1, -0.05) is 91.0 Å². The standard InChI is InChI=1S/C29H32N8O5/c1-37-24(23(19-32-37)33-26(38)31-18-17-30-25(34-27(39)40)35-28(41)42)36-29(20-11-5-2-6-12-20,21-13-7-3-8-14-21)22-15-9-4-10-16-22/h2-16,19,25,30,34-36H,17-18H2,1H3,(H,39,40)(H,41,42)(H2,31,33,38). The first-order valence-corrected chi connectivity index (χ1v) is 13.0. The Kier molecular flexibility index (Phi) is 9.58. The van der Waals surface area contributed by atoms with E-state index in [2.05, 4.69) is 26.4 Å². The highest BCUT2D eigenvalue weighted by molar-refractivity contribution is 5.92. The Hall–Kier alpha value is -5.56. The van der Waals surface area contributed by atoms with Gasteiger partial charge in [0.1, 0.15) is 17.0 Å². The van der Waals surface area contributed by atoms with Gasteiger partial charge in [-0.2, -0.15) is 5.10 Å². The Morgan fingerprint density at radius 3 is 1.71 bits per heavy atom. The van der Waals surface area contributed by atoms with E-state index in [-0.39, 0.29) is 13.1 Å². The fourth-order valence-corrected chi connectivity index (χ4v) is 4.58. The number of carbonyl (C=O) groups excluding carboxylic acids is 1. The number of aryl methyl sites for hydroxylation is 1. The van der Waals surface area contributed by atoms with Gasteiger partial charge in [0.25, 0.3) is 0 Å². The van der Waals surface area contributed by atoms with E-state index < -0.39 is 30.0 Å². The number of nitrogens with one attached hydrogen (secondary N) is 6. The van der Waals surface area contributed by atoms with Crippen LogP contribution in [0.25, 0.3) is 0 Å². The van der Waals surface area contributed by atoms with Crippen molar-refractivity contribution in [2.45, 2.75) is 11.8 Å². The van der Waals surface area contributed by atoms with E-state index in [4.69, 9.17) is 10.2 Å². The molecule has 4 rings (SSSR count). The van der Waals surface area contributed by atoms with E-state index >= 15 is 0 Å². The van der Waals surface area contributed by atoms with Gasteiger partial charge in [0.05, 0.1) is 6.20 Å². The van der Waals surface area contributed by atoms with Gasteiger partial charge in [0.15, 0.2) is 6.29 Å². The summed E-state index contributed by atoms with van der Waals surface area (Å²) in [6.07, 6.45) is -2.54. The molecule has 0 saturated heterocycles. The summed E-state index contributed by atoms with van der Waals surface area (Å²) in [4.78, 5) is 34.5. The molecule has 218 valence electrons. The van der Waals surface area contributed by atoms with E-state index in [1.165, 1.54) is 6.20 Å². The molecule has 8 N–H and O–H groups in total. The lowest BCUT2D eigenvalue weighted by molar-refractivity contribution is 0.171. The van der Waals surface area contributed by atoms with E-state index in [0.29, 0.717) is 11.5 Å². The molecular weight excluding hydrogens is 540 g/mol. The van der Waals surface area contributed by atoms with E-state index in [1.807, 2.05) is 102 Å². The Morgan fingerprint density at radius 2 is 1.26 bits per heavy atom. The number of aromatic nitrogens is 2. The minimum Gasteiger partial charge on any atom is -0.465 e. The number of hydrogen-bond acceptors (Lipinski definition) is 6. The molecule has 1 heterocycles. The van der Waals surface area contributed by atoms with Crippen LogP contribution in [0.3, 0.4) is 0 Å². The predicted octanol–water partition coefficient (Wildman–Crippen LogP) is 3.35. The van der Waals surface area contributed by atoms with Crippen molar-refractivity contribution in [2.24, 2.45) is 7.05 Å². The molecule has 0 aliphatic rings. The lowest BCUT2D eigenvalue weighted by Gasteiger charge is -2.38. The first-order chi connectivity index (χ1) is 20.3. The Morgan fingerprint density at radius 1 is 0.786 bits per heavy atom. The fraction of sp³-hybridized carbons (Fsp3) is 0.172. The molecule has 0 spiro atoms. The Bertz CT molecular complexity index is 1370. The second-order valence-electron chi connectivity index (χ2n) is 9.17. The van der Waals surface area contributed by atoms with Crippen LogP contribution in [0.15, 0.2) is 97.2 Å². The van der Waals surface area contributed by atoms with Gasteiger partial charge >= 0.3 is 18.2 Å². The van der Waals surface area contributed by atoms with Crippen LogP contribution >= 0.6 is 0 Å². The van der Waals surface area contributed by atoms with Crippen molar-refractivity contribution >= 4 is 29.7 Å². The number of carboxylic acid groups (broad SMARTS) is 2. The average Bonchev–Trinajstić information content (AvgIpc) is 3.32. The molecule has 1 aromatic heterocycles. The van der Waals surface area contributed by atoms with Crippen LogP contribution in [-0.4, -0.2) is 57.6 Å². The molecule has 4 amide bonds. The van der Waals surface area contributed by atoms with Crippen molar-refractivity contribution in [1.82, 2.24) is 31.0 Å². The number of hydrogen-bond donors (Lipinski definition) is 8. The van der Waals surface area contributed by atoms with Crippen LogP contribution in [0.4, 0.5) is 25.9 Å². The van der Waals surface area contributed by atoms with Crippen molar-refractivity contribution < 1.29 is 24.6 Å². The molecule has 0 unspecified atom stereocenters. The van der Waals surface area contributed by atoms with Gasteiger partial charge in [-0.05, 0) is 16.7 Å². The normalized spacial score (nSPS) is 11.0. The molecule has 4 aromatic rings. The van der Waals surface area contributed by atoms with E-state index in [0.717, 1.165) is 16.7 Å². The van der Waals surface area contributed by atoms with Crippen LogP contribution < -0.4 is 31.9 Å². The number of rotatable bonds is 12. The molecule has 0 aliphatic heterocycles. The third-order valence-corrected chi connectivity index (χ3v) is 6.41. The zero-order chi connectivity index (χ0) is 30.0. The number of carbonyl (C=O) groups is 3. The van der Waals surface area contributed by atoms with Crippen LogP contribution in [0.2, 0.25) is 0 Å². The topological polar surface area (TPSA) is 182 Å². The summed E-state index contributed by atoms with van der Waals surface area (Å²) >= 11 is 0. The molecule has 3 aromatic carbocycles. The largest absolute Gasteiger partial charge is 0.465 e. The minimum atomic E-state index is -1.42. The van der Waals surface area contributed by atoms with Crippen molar-refractivity contribution in [2.75, 3.05) is 23.7 Å². The van der Waals surface area contributed by atoms with Gasteiger partial charge < -0.3 is 26.2 Å². The first kappa shape index (κ1) is 29.4. The molecule has 0 atom stereocenters. The minimum absolute atomic E-state index is 0.0654. The van der Waals surface area contributed by atoms with Crippen LogP contribution in [0.5, 0.6) is 0 Å². The summed E-state index contributed by atoms with van der Waals surface area (Å²) in [5, 5.41) is 37.9. The second-order valence-corrected chi connectivity index (χ2v) is 9.17. The zero-order valence-electron chi connectivity index (χ0n) is 22.7. The number of urea groups is 1. The lowest BCUT2D eigenvalue weighted by Crippen LogP contribution is -2.57. The number of nitrogens with zero attached hydrogens (tertiary/aromatic N) is 2. The summed E-state index contributed by atoms with van der Waals surface area (Å²) in [5.74, 6) is 0.552. The van der Waals surface area contributed by atoms with Gasteiger partial charge in [-0.15, -0.1) is 0 Å². The Balaban J connectivity index is 1.56. The highest BCUT2D eigenvalue weighted by atomic mass is 16.4. The summed E-state index contributed by atoms with van der Waals surface area (Å²) in [5.41, 5.74) is 2.50. The summed E-state index contributed by atoms with van der Waals surface area (Å²) in [6.45, 7) is 0.131. The number of amides is 4. The SMILES string of the molecule is Cn1ncc(NC(=O)NCCNC(NC(=O)O)NC(=O)O)c1NC(c1ccccc1)(c1ccccc1)c1ccccc1. The van der Waals surface area contributed by atoms with Crippen LogP contribution in [0, 0.1) is 0 Å². The summed E-state index contributed by atoms with van der Waals surface area (Å²) in [6, 6.07) is 29.5. The number of anilines is 2. The quantitative estimate of drug-likeness (QED) is 0.0722. The molecule has 0 radical (unpaired) electrons. The molecule has 13 nitrogen and oxygen atoms in total. The number of benzene rings is 3. The van der Waals surface area contributed by atoms with Gasteiger partial charge in [-0.25, -0.2) is 14.4 Å². The lowest BCUT2D eigenvalue weighted by atomic mass is 9.77. The predicted molar refractivity (Wildman–Crippen MR) is 157 cm³/mol. The van der Waals surface area contributed by atoms with Gasteiger partial charge in [-0.3, -0.25) is 20.6 Å². The molecule has 0 fully saturated rings. The molecular formula is C29H32N8O5. The highest BCUT2D eigenvalue weighted by Crippen LogP contribution is 2.41. The van der Waals surface area contributed by atoms with Crippen LogP contribution in [-0.2, 0) is 12.6 Å². The van der Waals surface area contributed by atoms with Gasteiger partial charge in [0, 0.05) is 20.1 Å².